The van der Waals surface area contributed by atoms with Gasteiger partial charge in [0.1, 0.15) is 22.1 Å². The zero-order valence-corrected chi connectivity index (χ0v) is 9.08. The summed E-state index contributed by atoms with van der Waals surface area (Å²) >= 11 is 0. The summed E-state index contributed by atoms with van der Waals surface area (Å²) in [6, 6.07) is 1.54. The summed E-state index contributed by atoms with van der Waals surface area (Å²) in [5, 5.41) is -0.616. The van der Waals surface area contributed by atoms with Crippen molar-refractivity contribution in [2.24, 2.45) is 7.05 Å². The predicted molar refractivity (Wildman–Crippen MR) is 43.5 cm³/mol. The molecule has 0 aliphatic heterocycles. The third kappa shape index (κ3) is 2.72. The molecule has 0 spiro atoms. The van der Waals surface area contributed by atoms with E-state index in [4.69, 9.17) is 0 Å². The first-order chi connectivity index (χ1) is 6.62. The lowest BCUT2D eigenvalue weighted by Crippen LogP contribution is -2.36. The van der Waals surface area contributed by atoms with Gasteiger partial charge in [-0.25, -0.2) is 16.8 Å². The maximum absolute atomic E-state index is 10.6. The zero-order chi connectivity index (χ0) is 11.9. The summed E-state index contributed by atoms with van der Waals surface area (Å²) in [6.07, 6.45) is 0.771. The topological polar surface area (TPSA) is 118 Å². The number of rotatable bonds is 2. The summed E-state index contributed by atoms with van der Waals surface area (Å²) < 4.78 is 64.3. The minimum atomic E-state index is -4.68. The Balaban J connectivity index is 3.47. The van der Waals surface area contributed by atoms with E-state index >= 15 is 0 Å². The molecule has 0 bridgehead atoms. The van der Waals surface area contributed by atoms with E-state index in [1.165, 1.54) is 0 Å². The van der Waals surface area contributed by atoms with Crippen molar-refractivity contribution in [1.29, 1.82) is 0 Å². The fourth-order valence-electron chi connectivity index (χ4n) is 0.976. The highest BCUT2D eigenvalue weighted by atomic mass is 32.2. The van der Waals surface area contributed by atoms with E-state index in [-0.39, 0.29) is 0 Å². The van der Waals surface area contributed by atoms with Gasteiger partial charge in [-0.3, -0.25) is 0 Å². The van der Waals surface area contributed by atoms with Gasteiger partial charge in [-0.15, -0.1) is 0 Å². The number of nitrogens with zero attached hydrogens (tertiary/aromatic N) is 1. The van der Waals surface area contributed by atoms with Crippen LogP contribution >= 0.6 is 0 Å². The fourth-order valence-corrected chi connectivity index (χ4v) is 2.14. The molecule has 0 aromatic carbocycles. The highest BCUT2D eigenvalue weighted by Gasteiger charge is 2.16. The molecule has 1 aromatic rings. The largest absolute Gasteiger partial charge is 0.744 e. The van der Waals surface area contributed by atoms with Crippen molar-refractivity contribution >= 4 is 20.2 Å². The highest BCUT2D eigenvalue weighted by molar-refractivity contribution is 7.86. The van der Waals surface area contributed by atoms with E-state index in [0.717, 1.165) is 29.9 Å². The highest BCUT2D eigenvalue weighted by Crippen LogP contribution is 2.08. The molecule has 0 aliphatic carbocycles. The third-order valence-electron chi connectivity index (χ3n) is 1.60. The molecular formula is C6H6NO6S2-. The molecule has 0 radical (unpaired) electrons. The van der Waals surface area contributed by atoms with E-state index in [9.17, 15) is 25.9 Å². The van der Waals surface area contributed by atoms with Crippen molar-refractivity contribution in [2.75, 3.05) is 0 Å². The molecule has 1 rings (SSSR count). The van der Waals surface area contributed by atoms with Gasteiger partial charge in [-0.2, -0.15) is 4.57 Å². The first kappa shape index (κ1) is 12.0. The molecule has 0 aliphatic rings. The van der Waals surface area contributed by atoms with Crippen LogP contribution in [0.5, 0.6) is 0 Å². The molecule has 84 valence electrons. The van der Waals surface area contributed by atoms with Gasteiger partial charge < -0.3 is 9.11 Å². The standard InChI is InChI=1S/C6H7NO6S2/c1-7-4-5(14(8,9)10)2-3-6(7)15(11,12)13/h2-4H,1H3,(H-,8,9,10,11,12,13)/p-1. The average Bonchev–Trinajstić information content (AvgIpc) is 1.99. The Morgan fingerprint density at radius 3 is 1.93 bits per heavy atom. The maximum atomic E-state index is 10.6. The lowest BCUT2D eigenvalue weighted by molar-refractivity contribution is -0.712. The minimum Gasteiger partial charge on any atom is -0.744 e. The van der Waals surface area contributed by atoms with Crippen molar-refractivity contribution in [1.82, 2.24) is 0 Å². The SMILES string of the molecule is C[n+]1cc(S(=O)(=O)[O-])ccc1S(=O)(=O)[O-]. The van der Waals surface area contributed by atoms with Crippen molar-refractivity contribution in [3.8, 4) is 0 Å². The Morgan fingerprint density at radius 1 is 1.07 bits per heavy atom. The van der Waals surface area contributed by atoms with Gasteiger partial charge >= 0.3 is 0 Å². The lowest BCUT2D eigenvalue weighted by Gasteiger charge is -2.08. The zero-order valence-electron chi connectivity index (χ0n) is 7.45. The van der Waals surface area contributed by atoms with Crippen LogP contribution < -0.4 is 4.57 Å². The Hall–Kier alpha value is -1.03. The van der Waals surface area contributed by atoms with Gasteiger partial charge in [0, 0.05) is 6.07 Å². The Kier molecular flexibility index (Phi) is 2.83. The molecule has 0 unspecified atom stereocenters. The van der Waals surface area contributed by atoms with Crippen LogP contribution in [0.2, 0.25) is 0 Å². The van der Waals surface area contributed by atoms with Crippen LogP contribution in [0.1, 0.15) is 0 Å². The molecule has 0 atom stereocenters. The third-order valence-corrected chi connectivity index (χ3v) is 3.36. The van der Waals surface area contributed by atoms with Crippen LogP contribution in [0, 0.1) is 0 Å². The lowest BCUT2D eigenvalue weighted by atomic mass is 10.5. The molecule has 0 saturated carbocycles. The van der Waals surface area contributed by atoms with Crippen LogP contribution in [0.25, 0.3) is 0 Å². The molecule has 1 aromatic heterocycles. The van der Waals surface area contributed by atoms with Crippen LogP contribution in [0.15, 0.2) is 28.3 Å². The summed E-state index contributed by atoms with van der Waals surface area (Å²) in [5.74, 6) is 0. The van der Waals surface area contributed by atoms with E-state index in [1.807, 2.05) is 0 Å². The van der Waals surface area contributed by atoms with Crippen molar-refractivity contribution < 1.29 is 30.5 Å². The average molecular weight is 252 g/mol. The second kappa shape index (κ2) is 3.52. The van der Waals surface area contributed by atoms with Gasteiger partial charge in [0.15, 0.2) is 16.3 Å². The fraction of sp³-hybridized carbons (Fsp3) is 0.167. The first-order valence-corrected chi connectivity index (χ1v) is 6.35. The molecule has 0 saturated heterocycles. The summed E-state index contributed by atoms with van der Waals surface area (Å²) in [6.45, 7) is 0. The van der Waals surface area contributed by atoms with Gasteiger partial charge in [0.25, 0.3) is 5.03 Å². The molecular weight excluding hydrogens is 246 g/mol. The Bertz CT molecular complexity index is 588. The van der Waals surface area contributed by atoms with Crippen molar-refractivity contribution in [3.63, 3.8) is 0 Å². The van der Waals surface area contributed by atoms with Gasteiger partial charge in [0.2, 0.25) is 0 Å². The van der Waals surface area contributed by atoms with Gasteiger partial charge in [0.05, 0.1) is 0 Å². The van der Waals surface area contributed by atoms with Gasteiger partial charge in [-0.1, -0.05) is 0 Å². The molecule has 1 heterocycles. The number of aromatic nitrogens is 1. The summed E-state index contributed by atoms with van der Waals surface area (Å²) in [7, 11) is -8.18. The molecule has 7 nitrogen and oxygen atoms in total. The Labute approximate surface area is 86.5 Å². The maximum Gasteiger partial charge on any atom is 0.285 e. The molecule has 0 fully saturated rings. The van der Waals surface area contributed by atoms with E-state index < -0.39 is 30.2 Å². The second-order valence-electron chi connectivity index (χ2n) is 2.72. The van der Waals surface area contributed by atoms with Crippen molar-refractivity contribution in [3.05, 3.63) is 18.3 Å². The molecule has 9 heteroatoms. The molecule has 0 amide bonds. The monoisotopic (exact) mass is 252 g/mol. The number of aryl methyl sites for hydroxylation is 1. The van der Waals surface area contributed by atoms with Crippen LogP contribution in [-0.2, 0) is 27.3 Å². The summed E-state index contributed by atoms with van der Waals surface area (Å²) in [4.78, 5) is -0.600. The Morgan fingerprint density at radius 2 is 1.60 bits per heavy atom. The van der Waals surface area contributed by atoms with E-state index in [2.05, 4.69) is 0 Å². The molecule has 0 N–H and O–H groups in total. The molecule has 15 heavy (non-hydrogen) atoms. The summed E-state index contributed by atoms with van der Waals surface area (Å²) in [5.41, 5.74) is 0. The second-order valence-corrected chi connectivity index (χ2v) is 5.43. The normalized spacial score (nSPS) is 12.7. The number of pyridine rings is 1. The number of hydrogen-bond donors (Lipinski definition) is 0. The van der Waals surface area contributed by atoms with E-state index in [0.29, 0.717) is 0 Å². The van der Waals surface area contributed by atoms with Crippen LogP contribution in [0.4, 0.5) is 0 Å². The number of hydrogen-bond acceptors (Lipinski definition) is 6. The quantitative estimate of drug-likeness (QED) is 0.458. The smallest absolute Gasteiger partial charge is 0.285 e. The van der Waals surface area contributed by atoms with Crippen molar-refractivity contribution in [2.45, 2.75) is 9.92 Å². The van der Waals surface area contributed by atoms with Gasteiger partial charge in [-0.05, 0) is 6.07 Å². The van der Waals surface area contributed by atoms with Crippen LogP contribution in [0.3, 0.4) is 0 Å². The minimum absolute atomic E-state index is 0.600. The first-order valence-electron chi connectivity index (χ1n) is 3.54. The van der Waals surface area contributed by atoms with E-state index in [1.54, 1.807) is 0 Å². The van der Waals surface area contributed by atoms with Crippen LogP contribution in [-0.4, -0.2) is 25.9 Å². The predicted octanol–water partition coefficient (Wildman–Crippen LogP) is -1.68.